The maximum atomic E-state index is 11.7. The molecule has 4 heteroatoms. The molecule has 0 unspecified atom stereocenters. The molecule has 1 amide bonds. The van der Waals surface area contributed by atoms with Gasteiger partial charge in [-0.3, -0.25) is 4.79 Å². The zero-order valence-electron chi connectivity index (χ0n) is 11.9. The van der Waals surface area contributed by atoms with Crippen LogP contribution in [0.25, 0.3) is 0 Å². The minimum Gasteiger partial charge on any atom is -0.493 e. The summed E-state index contributed by atoms with van der Waals surface area (Å²) in [6, 6.07) is 7.26. The van der Waals surface area contributed by atoms with E-state index >= 15 is 0 Å². The predicted molar refractivity (Wildman–Crippen MR) is 80.6 cm³/mol. The number of nitrogens with two attached hydrogens (primary N) is 1. The van der Waals surface area contributed by atoms with Crippen LogP contribution in [-0.4, -0.2) is 19.1 Å². The van der Waals surface area contributed by atoms with Gasteiger partial charge >= 0.3 is 0 Å². The number of benzene rings is 1. The van der Waals surface area contributed by atoms with Crippen molar-refractivity contribution in [3.05, 3.63) is 24.3 Å². The molecule has 1 aromatic carbocycles. The SMILES string of the molecule is Nc1cccc(OCCC(=O)NCC2CCCCC2)c1. The Hall–Kier alpha value is -1.71. The standard InChI is InChI=1S/C16H24N2O2/c17-14-7-4-8-15(11-14)20-10-9-16(19)18-12-13-5-2-1-3-6-13/h4,7-8,11,13H,1-3,5-6,9-10,12,17H2,(H,18,19). The van der Waals surface area contributed by atoms with Crippen LogP contribution < -0.4 is 15.8 Å². The molecule has 1 aliphatic rings. The third-order valence-corrected chi connectivity index (χ3v) is 3.77. The van der Waals surface area contributed by atoms with Crippen LogP contribution in [-0.2, 0) is 4.79 Å². The first-order valence-electron chi connectivity index (χ1n) is 7.49. The third-order valence-electron chi connectivity index (χ3n) is 3.77. The lowest BCUT2D eigenvalue weighted by atomic mass is 9.89. The molecule has 0 atom stereocenters. The Morgan fingerprint density at radius 1 is 1.30 bits per heavy atom. The van der Waals surface area contributed by atoms with Gasteiger partial charge < -0.3 is 15.8 Å². The second-order valence-corrected chi connectivity index (χ2v) is 5.48. The molecular weight excluding hydrogens is 252 g/mol. The minimum atomic E-state index is 0.0690. The van der Waals surface area contributed by atoms with Gasteiger partial charge in [-0.2, -0.15) is 0 Å². The van der Waals surface area contributed by atoms with Crippen LogP contribution in [0.4, 0.5) is 5.69 Å². The zero-order valence-corrected chi connectivity index (χ0v) is 11.9. The first-order valence-corrected chi connectivity index (χ1v) is 7.49. The van der Waals surface area contributed by atoms with Crippen molar-refractivity contribution in [3.63, 3.8) is 0 Å². The number of nitrogen functional groups attached to an aromatic ring is 1. The molecule has 0 saturated heterocycles. The largest absolute Gasteiger partial charge is 0.493 e. The highest BCUT2D eigenvalue weighted by Crippen LogP contribution is 2.22. The maximum Gasteiger partial charge on any atom is 0.223 e. The number of rotatable bonds is 6. The van der Waals surface area contributed by atoms with Gasteiger partial charge in [0.1, 0.15) is 5.75 Å². The van der Waals surface area contributed by atoms with E-state index in [9.17, 15) is 4.79 Å². The van der Waals surface area contributed by atoms with Gasteiger partial charge in [-0.1, -0.05) is 25.3 Å². The van der Waals surface area contributed by atoms with Gasteiger partial charge in [0.15, 0.2) is 0 Å². The Morgan fingerprint density at radius 3 is 2.85 bits per heavy atom. The Balaban J connectivity index is 1.60. The van der Waals surface area contributed by atoms with Gasteiger partial charge in [-0.15, -0.1) is 0 Å². The summed E-state index contributed by atoms with van der Waals surface area (Å²) >= 11 is 0. The molecule has 1 fully saturated rings. The fourth-order valence-electron chi connectivity index (χ4n) is 2.60. The molecule has 20 heavy (non-hydrogen) atoms. The number of ether oxygens (including phenoxy) is 1. The summed E-state index contributed by atoms with van der Waals surface area (Å²) < 4.78 is 5.51. The first kappa shape index (κ1) is 14.7. The molecule has 1 aliphatic carbocycles. The summed E-state index contributed by atoms with van der Waals surface area (Å²) in [6.07, 6.45) is 6.85. The molecule has 0 spiro atoms. The van der Waals surface area contributed by atoms with Crippen LogP contribution in [0.1, 0.15) is 38.5 Å². The summed E-state index contributed by atoms with van der Waals surface area (Å²) in [6.45, 7) is 1.21. The van der Waals surface area contributed by atoms with Crippen molar-refractivity contribution in [2.45, 2.75) is 38.5 Å². The molecule has 110 valence electrons. The second kappa shape index (κ2) is 7.78. The number of amides is 1. The molecule has 3 N–H and O–H groups in total. The molecule has 4 nitrogen and oxygen atoms in total. The van der Waals surface area contributed by atoms with Crippen molar-refractivity contribution in [2.75, 3.05) is 18.9 Å². The van der Waals surface area contributed by atoms with Crippen LogP contribution in [0, 0.1) is 5.92 Å². The normalized spacial score (nSPS) is 15.8. The summed E-state index contributed by atoms with van der Waals surface area (Å²) in [5.41, 5.74) is 6.33. The van der Waals surface area contributed by atoms with E-state index in [0.29, 0.717) is 30.4 Å². The second-order valence-electron chi connectivity index (χ2n) is 5.48. The number of hydrogen-bond donors (Lipinski definition) is 2. The molecule has 0 radical (unpaired) electrons. The lowest BCUT2D eigenvalue weighted by Crippen LogP contribution is -2.31. The molecule has 0 aromatic heterocycles. The Bertz CT molecular complexity index is 428. The Morgan fingerprint density at radius 2 is 2.10 bits per heavy atom. The summed E-state index contributed by atoms with van der Waals surface area (Å²) in [5, 5.41) is 3.01. The summed E-state index contributed by atoms with van der Waals surface area (Å²) in [7, 11) is 0. The maximum absolute atomic E-state index is 11.7. The quantitative estimate of drug-likeness (QED) is 0.785. The number of anilines is 1. The fourth-order valence-corrected chi connectivity index (χ4v) is 2.60. The van der Waals surface area contributed by atoms with Crippen molar-refractivity contribution in [3.8, 4) is 5.75 Å². The van der Waals surface area contributed by atoms with Crippen molar-refractivity contribution in [1.82, 2.24) is 5.32 Å². The van der Waals surface area contributed by atoms with Gasteiger partial charge in [-0.25, -0.2) is 0 Å². The summed E-state index contributed by atoms with van der Waals surface area (Å²) in [5.74, 6) is 1.45. The van der Waals surface area contributed by atoms with Gasteiger partial charge in [0, 0.05) is 18.3 Å². The number of carbonyl (C=O) groups excluding carboxylic acids is 1. The van der Waals surface area contributed by atoms with Crippen molar-refractivity contribution in [2.24, 2.45) is 5.92 Å². The average Bonchev–Trinajstić information content (AvgIpc) is 2.46. The fraction of sp³-hybridized carbons (Fsp3) is 0.562. The van der Waals surface area contributed by atoms with Crippen LogP contribution in [0.2, 0.25) is 0 Å². The molecule has 0 heterocycles. The number of carbonyl (C=O) groups is 1. The lowest BCUT2D eigenvalue weighted by Gasteiger charge is -2.21. The van der Waals surface area contributed by atoms with Gasteiger partial charge in [-0.05, 0) is 30.9 Å². The molecule has 1 aromatic rings. The van der Waals surface area contributed by atoms with E-state index in [1.807, 2.05) is 18.2 Å². The van der Waals surface area contributed by atoms with E-state index in [4.69, 9.17) is 10.5 Å². The van der Waals surface area contributed by atoms with Crippen molar-refractivity contribution >= 4 is 11.6 Å². The number of hydrogen-bond acceptors (Lipinski definition) is 3. The highest BCUT2D eigenvalue weighted by molar-refractivity contribution is 5.75. The van der Waals surface area contributed by atoms with E-state index in [-0.39, 0.29) is 5.91 Å². The van der Waals surface area contributed by atoms with Crippen LogP contribution in [0.3, 0.4) is 0 Å². The van der Waals surface area contributed by atoms with Crippen molar-refractivity contribution in [1.29, 1.82) is 0 Å². The van der Waals surface area contributed by atoms with E-state index in [0.717, 1.165) is 6.54 Å². The molecule has 1 saturated carbocycles. The van der Waals surface area contributed by atoms with E-state index < -0.39 is 0 Å². The van der Waals surface area contributed by atoms with Crippen LogP contribution >= 0.6 is 0 Å². The summed E-state index contributed by atoms with van der Waals surface area (Å²) in [4.78, 5) is 11.7. The van der Waals surface area contributed by atoms with E-state index in [1.165, 1.54) is 32.1 Å². The van der Waals surface area contributed by atoms with Gasteiger partial charge in [0.05, 0.1) is 13.0 Å². The van der Waals surface area contributed by atoms with Gasteiger partial charge in [0.25, 0.3) is 0 Å². The predicted octanol–water partition coefficient (Wildman–Crippen LogP) is 2.73. The topological polar surface area (TPSA) is 64.3 Å². The molecular formula is C16H24N2O2. The van der Waals surface area contributed by atoms with E-state index in [1.54, 1.807) is 6.07 Å². The number of nitrogens with one attached hydrogen (secondary N) is 1. The van der Waals surface area contributed by atoms with Crippen LogP contribution in [0.5, 0.6) is 5.75 Å². The third kappa shape index (κ3) is 5.11. The monoisotopic (exact) mass is 276 g/mol. The van der Waals surface area contributed by atoms with Gasteiger partial charge in [0.2, 0.25) is 5.91 Å². The highest BCUT2D eigenvalue weighted by Gasteiger charge is 2.14. The average molecular weight is 276 g/mol. The smallest absolute Gasteiger partial charge is 0.223 e. The molecule has 2 rings (SSSR count). The van der Waals surface area contributed by atoms with Crippen LogP contribution in [0.15, 0.2) is 24.3 Å². The van der Waals surface area contributed by atoms with E-state index in [2.05, 4.69) is 5.32 Å². The first-order chi connectivity index (χ1) is 9.74. The highest BCUT2D eigenvalue weighted by atomic mass is 16.5. The lowest BCUT2D eigenvalue weighted by molar-refractivity contribution is -0.121. The molecule has 0 aliphatic heterocycles. The Kier molecular flexibility index (Phi) is 5.71. The zero-order chi connectivity index (χ0) is 14.2. The molecule has 0 bridgehead atoms. The Labute approximate surface area is 120 Å². The van der Waals surface area contributed by atoms with Crippen molar-refractivity contribution < 1.29 is 9.53 Å². The minimum absolute atomic E-state index is 0.0690.